The Morgan fingerprint density at radius 1 is 0.880 bits per heavy atom. The van der Waals surface area contributed by atoms with Crippen molar-refractivity contribution in [2.75, 3.05) is 13.2 Å². The highest BCUT2D eigenvalue weighted by molar-refractivity contribution is 6.40. The Labute approximate surface area is 144 Å². The Kier molecular flexibility index (Phi) is 4.75. The Balaban J connectivity index is 2.07. The van der Waals surface area contributed by atoms with Crippen LogP contribution >= 0.6 is 0 Å². The van der Waals surface area contributed by atoms with Gasteiger partial charge < -0.3 is 9.47 Å². The summed E-state index contributed by atoms with van der Waals surface area (Å²) in [5.41, 5.74) is 1.32. The number of ether oxygens (including phenoxy) is 2. The van der Waals surface area contributed by atoms with Crippen LogP contribution in [-0.2, 0) is 14.3 Å². The number of carbonyl (C=O) groups is 3. The molecule has 0 fully saturated rings. The van der Waals surface area contributed by atoms with E-state index in [2.05, 4.69) is 0 Å². The van der Waals surface area contributed by atoms with Crippen molar-refractivity contribution in [3.63, 3.8) is 0 Å². The second-order valence-corrected chi connectivity index (χ2v) is 5.37. The highest BCUT2D eigenvalue weighted by Gasteiger charge is 2.34. The molecule has 0 N–H and O–H groups in total. The summed E-state index contributed by atoms with van der Waals surface area (Å²) in [4.78, 5) is 37.4. The maximum Gasteiger partial charge on any atom is 0.344 e. The predicted molar refractivity (Wildman–Crippen MR) is 91.1 cm³/mol. The van der Waals surface area contributed by atoms with Crippen molar-refractivity contribution in [3.05, 3.63) is 77.0 Å². The van der Waals surface area contributed by atoms with Crippen LogP contribution in [0.3, 0.4) is 0 Å². The number of allylic oxidation sites excluding steroid dienone is 2. The summed E-state index contributed by atoms with van der Waals surface area (Å²) in [7, 11) is 0. The Bertz CT molecular complexity index is 865. The molecular formula is C20H16O5. The van der Waals surface area contributed by atoms with E-state index in [-0.39, 0.29) is 29.3 Å². The lowest BCUT2D eigenvalue weighted by Gasteiger charge is -2.21. The molecule has 126 valence electrons. The molecule has 0 atom stereocenters. The first-order chi connectivity index (χ1) is 12.1. The molecule has 2 aromatic rings. The lowest BCUT2D eigenvalue weighted by Crippen LogP contribution is -2.25. The van der Waals surface area contributed by atoms with E-state index in [4.69, 9.17) is 9.47 Å². The SMILES string of the molecule is CCOC(=O)COC1=C(c2ccccc2)C(=O)c2ccccc2C1=O. The molecule has 1 aliphatic rings. The number of ketones is 2. The van der Waals surface area contributed by atoms with E-state index in [0.717, 1.165) is 0 Å². The number of hydrogen-bond donors (Lipinski definition) is 0. The highest BCUT2D eigenvalue weighted by atomic mass is 16.6. The fourth-order valence-corrected chi connectivity index (χ4v) is 2.69. The first-order valence-electron chi connectivity index (χ1n) is 7.90. The third-order valence-electron chi connectivity index (χ3n) is 3.78. The maximum absolute atomic E-state index is 12.9. The van der Waals surface area contributed by atoms with Crippen LogP contribution in [0, 0.1) is 0 Å². The van der Waals surface area contributed by atoms with E-state index in [1.807, 2.05) is 6.07 Å². The fraction of sp³-hybridized carbons (Fsp3) is 0.150. The van der Waals surface area contributed by atoms with Gasteiger partial charge in [-0.2, -0.15) is 0 Å². The smallest absolute Gasteiger partial charge is 0.344 e. The van der Waals surface area contributed by atoms with Crippen LogP contribution < -0.4 is 0 Å². The van der Waals surface area contributed by atoms with E-state index in [1.165, 1.54) is 0 Å². The summed E-state index contributed by atoms with van der Waals surface area (Å²) in [6, 6.07) is 15.4. The van der Waals surface area contributed by atoms with E-state index in [1.54, 1.807) is 55.5 Å². The Morgan fingerprint density at radius 3 is 2.12 bits per heavy atom. The molecule has 3 rings (SSSR count). The van der Waals surface area contributed by atoms with E-state index in [0.29, 0.717) is 11.1 Å². The summed E-state index contributed by atoms with van der Waals surface area (Å²) in [6.07, 6.45) is 0. The van der Waals surface area contributed by atoms with Gasteiger partial charge in [-0.3, -0.25) is 9.59 Å². The van der Waals surface area contributed by atoms with Gasteiger partial charge in [-0.15, -0.1) is 0 Å². The van der Waals surface area contributed by atoms with E-state index in [9.17, 15) is 14.4 Å². The minimum atomic E-state index is -0.596. The lowest BCUT2D eigenvalue weighted by atomic mass is 9.85. The van der Waals surface area contributed by atoms with Gasteiger partial charge in [0.15, 0.2) is 18.1 Å². The second-order valence-electron chi connectivity index (χ2n) is 5.37. The normalized spacial score (nSPS) is 13.5. The van der Waals surface area contributed by atoms with Gasteiger partial charge in [0.2, 0.25) is 5.78 Å². The number of benzene rings is 2. The van der Waals surface area contributed by atoms with Crippen LogP contribution in [0.25, 0.3) is 5.57 Å². The van der Waals surface area contributed by atoms with Gasteiger partial charge >= 0.3 is 5.97 Å². The van der Waals surface area contributed by atoms with Gasteiger partial charge in [0, 0.05) is 11.1 Å². The van der Waals surface area contributed by atoms with Crippen LogP contribution in [0.4, 0.5) is 0 Å². The zero-order chi connectivity index (χ0) is 17.8. The van der Waals surface area contributed by atoms with Crippen LogP contribution in [0.1, 0.15) is 33.2 Å². The Hall–Kier alpha value is -3.21. The third kappa shape index (κ3) is 3.21. The number of Topliss-reactive ketones (excluding diaryl/α,β-unsaturated/α-hetero) is 2. The number of rotatable bonds is 5. The van der Waals surface area contributed by atoms with E-state index < -0.39 is 18.4 Å². The molecule has 0 saturated heterocycles. The molecule has 0 aromatic heterocycles. The third-order valence-corrected chi connectivity index (χ3v) is 3.78. The molecule has 0 saturated carbocycles. The first-order valence-corrected chi connectivity index (χ1v) is 7.90. The predicted octanol–water partition coefficient (Wildman–Crippen LogP) is 3.06. The standard InChI is InChI=1S/C20H16O5/c1-2-24-16(21)12-25-20-17(13-8-4-3-5-9-13)18(22)14-10-6-7-11-15(14)19(20)23/h3-11H,2,12H2,1H3. The summed E-state index contributed by atoms with van der Waals surface area (Å²) < 4.78 is 10.3. The molecule has 0 spiro atoms. The molecule has 1 aliphatic carbocycles. The van der Waals surface area contributed by atoms with Crippen LogP contribution in [0.15, 0.2) is 60.4 Å². The van der Waals surface area contributed by atoms with E-state index >= 15 is 0 Å². The number of esters is 1. The molecule has 5 nitrogen and oxygen atoms in total. The van der Waals surface area contributed by atoms with Crippen LogP contribution in [0.5, 0.6) is 0 Å². The number of hydrogen-bond acceptors (Lipinski definition) is 5. The average Bonchev–Trinajstić information content (AvgIpc) is 2.64. The zero-order valence-corrected chi connectivity index (χ0v) is 13.7. The quantitative estimate of drug-likeness (QED) is 0.785. The topological polar surface area (TPSA) is 69.7 Å². The first kappa shape index (κ1) is 16.6. The summed E-state index contributed by atoms with van der Waals surface area (Å²) in [6.45, 7) is 1.46. The van der Waals surface area contributed by atoms with Crippen molar-refractivity contribution < 1.29 is 23.9 Å². The highest BCUT2D eigenvalue weighted by Crippen LogP contribution is 2.32. The van der Waals surface area contributed by atoms with Crippen LogP contribution in [0.2, 0.25) is 0 Å². The molecule has 0 heterocycles. The van der Waals surface area contributed by atoms with Gasteiger partial charge in [0.1, 0.15) is 0 Å². The summed E-state index contributed by atoms with van der Waals surface area (Å²) in [5.74, 6) is -1.44. The van der Waals surface area contributed by atoms with Crippen molar-refractivity contribution in [1.29, 1.82) is 0 Å². The van der Waals surface area contributed by atoms with Gasteiger partial charge in [0.25, 0.3) is 0 Å². The molecule has 0 amide bonds. The van der Waals surface area contributed by atoms with Crippen molar-refractivity contribution in [2.45, 2.75) is 6.92 Å². The van der Waals surface area contributed by atoms with Crippen molar-refractivity contribution in [3.8, 4) is 0 Å². The summed E-state index contributed by atoms with van der Waals surface area (Å²) >= 11 is 0. The largest absolute Gasteiger partial charge is 0.477 e. The zero-order valence-electron chi connectivity index (χ0n) is 13.7. The van der Waals surface area contributed by atoms with Gasteiger partial charge in [-0.25, -0.2) is 4.79 Å². The van der Waals surface area contributed by atoms with Gasteiger partial charge in [0.05, 0.1) is 12.2 Å². The number of carbonyl (C=O) groups excluding carboxylic acids is 3. The summed E-state index contributed by atoms with van der Waals surface area (Å²) in [5, 5.41) is 0. The van der Waals surface area contributed by atoms with Crippen molar-refractivity contribution in [1.82, 2.24) is 0 Å². The molecule has 0 radical (unpaired) electrons. The van der Waals surface area contributed by atoms with Crippen molar-refractivity contribution in [2.24, 2.45) is 0 Å². The molecule has 5 heteroatoms. The molecule has 0 unspecified atom stereocenters. The fourth-order valence-electron chi connectivity index (χ4n) is 2.69. The maximum atomic E-state index is 12.9. The van der Waals surface area contributed by atoms with Gasteiger partial charge in [-0.05, 0) is 12.5 Å². The number of fused-ring (bicyclic) bond motifs is 1. The second kappa shape index (κ2) is 7.13. The lowest BCUT2D eigenvalue weighted by molar-refractivity contribution is -0.146. The van der Waals surface area contributed by atoms with Gasteiger partial charge in [-0.1, -0.05) is 54.6 Å². The molecule has 2 aromatic carbocycles. The molecule has 0 bridgehead atoms. The van der Waals surface area contributed by atoms with Crippen LogP contribution in [-0.4, -0.2) is 30.7 Å². The molecule has 0 aliphatic heterocycles. The van der Waals surface area contributed by atoms with Crippen molar-refractivity contribution >= 4 is 23.1 Å². The average molecular weight is 336 g/mol. The minimum Gasteiger partial charge on any atom is -0.477 e. The minimum absolute atomic E-state index is 0.122. The monoisotopic (exact) mass is 336 g/mol. The Morgan fingerprint density at radius 2 is 1.48 bits per heavy atom. The molecular weight excluding hydrogens is 320 g/mol. The molecule has 25 heavy (non-hydrogen) atoms.